The normalized spacial score (nSPS) is 15.1. The maximum Gasteiger partial charge on any atom is 0.242 e. The Morgan fingerprint density at radius 1 is 1.10 bits per heavy atom. The number of fused-ring (bicyclic) bond motifs is 2. The van der Waals surface area contributed by atoms with Crippen molar-refractivity contribution >= 4 is 32.4 Å². The average Bonchev–Trinajstić information content (AvgIpc) is 3.07. The number of sulfonamides is 1. The molecule has 148 valence electrons. The Kier molecular flexibility index (Phi) is 4.18. The van der Waals surface area contributed by atoms with Crippen molar-refractivity contribution in [3.05, 3.63) is 54.5 Å². The number of benzene rings is 1. The number of nitrogens with zero attached hydrogens (tertiary/aromatic N) is 6. The van der Waals surface area contributed by atoms with Gasteiger partial charge in [0.2, 0.25) is 10.0 Å². The first-order valence-electron chi connectivity index (χ1n) is 9.29. The van der Waals surface area contributed by atoms with Gasteiger partial charge >= 0.3 is 0 Å². The van der Waals surface area contributed by atoms with Gasteiger partial charge in [0.15, 0.2) is 11.5 Å². The van der Waals surface area contributed by atoms with E-state index in [2.05, 4.69) is 29.9 Å². The number of hydrogen-bond acceptors (Lipinski definition) is 7. The summed E-state index contributed by atoms with van der Waals surface area (Å²) >= 11 is 0. The van der Waals surface area contributed by atoms with Gasteiger partial charge in [-0.3, -0.25) is 4.98 Å². The zero-order chi connectivity index (χ0) is 20.0. The molecule has 10 heteroatoms. The van der Waals surface area contributed by atoms with E-state index in [4.69, 9.17) is 0 Å². The summed E-state index contributed by atoms with van der Waals surface area (Å²) in [7, 11) is -3.63. The lowest BCUT2D eigenvalue weighted by Crippen LogP contribution is -2.52. The smallest absolute Gasteiger partial charge is 0.242 e. The highest BCUT2D eigenvalue weighted by Gasteiger charge is 2.30. The first kappa shape index (κ1) is 18.0. The highest BCUT2D eigenvalue weighted by Crippen LogP contribution is 2.24. The van der Waals surface area contributed by atoms with Gasteiger partial charge in [-0.1, -0.05) is 18.2 Å². The first-order chi connectivity index (χ1) is 14.0. The molecule has 0 aliphatic carbocycles. The quantitative estimate of drug-likeness (QED) is 0.531. The van der Waals surface area contributed by atoms with Gasteiger partial charge in [0, 0.05) is 37.1 Å². The van der Waals surface area contributed by atoms with Gasteiger partial charge in [-0.2, -0.15) is 4.52 Å². The van der Waals surface area contributed by atoms with Crippen molar-refractivity contribution in [1.29, 1.82) is 0 Å². The largest absolute Gasteiger partial charge is 0.354 e. The third-order valence-corrected chi connectivity index (χ3v) is 6.59. The van der Waals surface area contributed by atoms with E-state index in [1.807, 2.05) is 31.2 Å². The van der Waals surface area contributed by atoms with Crippen molar-refractivity contribution in [2.75, 3.05) is 24.5 Å². The molecule has 1 fully saturated rings. The summed E-state index contributed by atoms with van der Waals surface area (Å²) in [6, 6.07) is 12.6. The van der Waals surface area contributed by atoms with Crippen molar-refractivity contribution in [1.82, 2.24) is 29.5 Å². The Balaban J connectivity index is 1.26. The zero-order valence-corrected chi connectivity index (χ0v) is 16.5. The summed E-state index contributed by atoms with van der Waals surface area (Å²) in [4.78, 5) is 6.56. The van der Waals surface area contributed by atoms with Crippen LogP contribution in [0.1, 0.15) is 5.82 Å². The number of anilines is 1. The third-order valence-electron chi connectivity index (χ3n) is 5.13. The van der Waals surface area contributed by atoms with Gasteiger partial charge in [0.25, 0.3) is 0 Å². The van der Waals surface area contributed by atoms with Crippen molar-refractivity contribution in [2.24, 2.45) is 5.92 Å². The van der Waals surface area contributed by atoms with Gasteiger partial charge < -0.3 is 4.90 Å². The van der Waals surface area contributed by atoms with Gasteiger partial charge in [0.05, 0.1) is 5.52 Å². The van der Waals surface area contributed by atoms with E-state index < -0.39 is 10.0 Å². The van der Waals surface area contributed by atoms with E-state index in [9.17, 15) is 8.42 Å². The highest BCUT2D eigenvalue weighted by atomic mass is 32.2. The van der Waals surface area contributed by atoms with E-state index in [0.717, 1.165) is 30.1 Å². The number of aromatic nitrogens is 5. The molecule has 0 bridgehead atoms. The van der Waals surface area contributed by atoms with Crippen LogP contribution in [0, 0.1) is 12.8 Å². The molecule has 4 aromatic rings. The van der Waals surface area contributed by atoms with Gasteiger partial charge in [0.1, 0.15) is 10.7 Å². The Bertz CT molecular complexity index is 1310. The Morgan fingerprint density at radius 3 is 2.79 bits per heavy atom. The predicted molar refractivity (Wildman–Crippen MR) is 108 cm³/mol. The van der Waals surface area contributed by atoms with Crippen LogP contribution >= 0.6 is 0 Å². The lowest BCUT2D eigenvalue weighted by atomic mass is 10.0. The number of rotatable bonds is 5. The minimum atomic E-state index is -3.63. The molecule has 0 radical (unpaired) electrons. The molecular weight excluding hydrogens is 390 g/mol. The SMILES string of the molecule is Cc1nnc2ccc(N3CC(CNS(=O)(=O)c4cccc5cccnc45)C3)nn12. The van der Waals surface area contributed by atoms with Crippen LogP contribution in [0.5, 0.6) is 0 Å². The molecule has 1 aliphatic heterocycles. The number of aryl methyl sites for hydroxylation is 1. The summed E-state index contributed by atoms with van der Waals surface area (Å²) in [5.74, 6) is 1.78. The lowest BCUT2D eigenvalue weighted by molar-refractivity contribution is 0.401. The molecule has 1 aromatic carbocycles. The van der Waals surface area contributed by atoms with Crippen LogP contribution in [-0.4, -0.2) is 52.8 Å². The lowest BCUT2D eigenvalue weighted by Gasteiger charge is -2.40. The van der Waals surface area contributed by atoms with Crippen molar-refractivity contribution < 1.29 is 8.42 Å². The third kappa shape index (κ3) is 3.19. The second kappa shape index (κ2) is 6.75. The zero-order valence-electron chi connectivity index (χ0n) is 15.7. The molecule has 9 nitrogen and oxygen atoms in total. The molecule has 29 heavy (non-hydrogen) atoms. The standard InChI is InChI=1S/C19H19N7O2S/c1-13-22-23-17-7-8-18(24-26(13)17)25-11-14(12-25)10-21-29(27,28)16-6-2-4-15-5-3-9-20-19(15)16/h2-9,14,21H,10-12H2,1H3. The molecule has 0 saturated carbocycles. The Hall–Kier alpha value is -3.11. The second-order valence-electron chi connectivity index (χ2n) is 7.16. The van der Waals surface area contributed by atoms with E-state index >= 15 is 0 Å². The van der Waals surface area contributed by atoms with Crippen LogP contribution < -0.4 is 9.62 Å². The van der Waals surface area contributed by atoms with Crippen LogP contribution in [0.25, 0.3) is 16.6 Å². The van der Waals surface area contributed by atoms with E-state index in [1.165, 1.54) is 0 Å². The first-order valence-corrected chi connectivity index (χ1v) is 10.8. The summed E-state index contributed by atoms with van der Waals surface area (Å²) < 4.78 is 30.0. The fourth-order valence-electron chi connectivity index (χ4n) is 3.54. The molecule has 4 heterocycles. The number of nitrogens with one attached hydrogen (secondary N) is 1. The van der Waals surface area contributed by atoms with Crippen molar-refractivity contribution in [3.63, 3.8) is 0 Å². The molecule has 5 rings (SSSR count). The number of para-hydroxylation sites is 1. The minimum Gasteiger partial charge on any atom is -0.354 e. The molecule has 0 amide bonds. The minimum absolute atomic E-state index is 0.210. The highest BCUT2D eigenvalue weighted by molar-refractivity contribution is 7.89. The molecule has 0 unspecified atom stereocenters. The van der Waals surface area contributed by atoms with Crippen LogP contribution in [0.4, 0.5) is 5.82 Å². The number of hydrogen-bond donors (Lipinski definition) is 1. The fraction of sp³-hybridized carbons (Fsp3) is 0.263. The number of pyridine rings is 1. The maximum absolute atomic E-state index is 12.8. The van der Waals surface area contributed by atoms with Crippen LogP contribution in [0.15, 0.2) is 53.6 Å². The Morgan fingerprint density at radius 2 is 1.93 bits per heavy atom. The van der Waals surface area contributed by atoms with E-state index in [1.54, 1.807) is 28.9 Å². The fourth-order valence-corrected chi connectivity index (χ4v) is 4.83. The van der Waals surface area contributed by atoms with Crippen LogP contribution in [0.2, 0.25) is 0 Å². The maximum atomic E-state index is 12.8. The topological polar surface area (TPSA) is 105 Å². The second-order valence-corrected chi connectivity index (χ2v) is 8.90. The molecule has 1 N–H and O–H groups in total. The van der Waals surface area contributed by atoms with E-state index in [0.29, 0.717) is 17.7 Å². The van der Waals surface area contributed by atoms with Crippen LogP contribution in [0.3, 0.4) is 0 Å². The summed E-state index contributed by atoms with van der Waals surface area (Å²) in [6.07, 6.45) is 1.60. The molecule has 1 saturated heterocycles. The van der Waals surface area contributed by atoms with E-state index in [-0.39, 0.29) is 10.8 Å². The van der Waals surface area contributed by atoms with Gasteiger partial charge in [-0.15, -0.1) is 15.3 Å². The summed E-state index contributed by atoms with van der Waals surface area (Å²) in [5, 5.41) is 13.4. The van der Waals surface area contributed by atoms with Crippen molar-refractivity contribution in [2.45, 2.75) is 11.8 Å². The summed E-state index contributed by atoms with van der Waals surface area (Å²) in [6.45, 7) is 3.69. The average molecular weight is 409 g/mol. The molecule has 0 spiro atoms. The molecule has 0 atom stereocenters. The van der Waals surface area contributed by atoms with Crippen molar-refractivity contribution in [3.8, 4) is 0 Å². The van der Waals surface area contributed by atoms with Crippen LogP contribution in [-0.2, 0) is 10.0 Å². The van der Waals surface area contributed by atoms with Gasteiger partial charge in [-0.25, -0.2) is 13.1 Å². The molecule has 3 aromatic heterocycles. The summed E-state index contributed by atoms with van der Waals surface area (Å²) in [5.41, 5.74) is 1.19. The molecular formula is C19H19N7O2S. The monoisotopic (exact) mass is 409 g/mol. The molecule has 1 aliphatic rings. The predicted octanol–water partition coefficient (Wildman–Crippen LogP) is 1.40. The Labute approximate surface area is 167 Å². The van der Waals surface area contributed by atoms with Gasteiger partial charge in [-0.05, 0) is 31.2 Å².